The summed E-state index contributed by atoms with van der Waals surface area (Å²) >= 11 is 0. The van der Waals surface area contributed by atoms with Crippen molar-refractivity contribution >= 4 is 21.2 Å². The minimum atomic E-state index is -2.89. The predicted molar refractivity (Wildman–Crippen MR) is 79.5 cm³/mol. The first-order valence-electron chi connectivity index (χ1n) is 6.77. The maximum Gasteiger partial charge on any atom is 0.311 e. The Bertz CT molecular complexity index is 629. The number of rotatable bonds is 6. The van der Waals surface area contributed by atoms with Gasteiger partial charge in [-0.15, -0.1) is 0 Å². The third kappa shape index (κ3) is 4.07. The topological polar surface area (TPSA) is 98.5 Å². The lowest BCUT2D eigenvalue weighted by atomic mass is 10.1. The summed E-state index contributed by atoms with van der Waals surface area (Å²) in [5.41, 5.74) is 0.610. The van der Waals surface area contributed by atoms with Crippen molar-refractivity contribution in [3.05, 3.63) is 28.3 Å². The van der Waals surface area contributed by atoms with E-state index >= 15 is 0 Å². The summed E-state index contributed by atoms with van der Waals surface area (Å²) < 4.78 is 28.0. The van der Waals surface area contributed by atoms with Crippen LogP contribution in [-0.4, -0.2) is 38.0 Å². The largest absolute Gasteiger partial charge is 0.487 e. The lowest BCUT2D eigenvalue weighted by molar-refractivity contribution is -0.385. The van der Waals surface area contributed by atoms with Gasteiger partial charge < -0.3 is 10.1 Å². The Kier molecular flexibility index (Phi) is 4.66. The van der Waals surface area contributed by atoms with Crippen LogP contribution in [0.25, 0.3) is 0 Å². The SMILES string of the molecule is CCOc1cc(NCC2CCS(=O)(=O)C2)ccc1[N+](=O)[O-]. The highest BCUT2D eigenvalue weighted by Crippen LogP contribution is 2.30. The van der Waals surface area contributed by atoms with Crippen molar-refractivity contribution in [3.8, 4) is 5.75 Å². The van der Waals surface area contributed by atoms with Gasteiger partial charge in [0.1, 0.15) is 0 Å². The Balaban J connectivity index is 2.04. The van der Waals surface area contributed by atoms with E-state index in [1.54, 1.807) is 19.1 Å². The van der Waals surface area contributed by atoms with Crippen molar-refractivity contribution in [2.24, 2.45) is 5.92 Å². The fourth-order valence-electron chi connectivity index (χ4n) is 2.34. The summed E-state index contributed by atoms with van der Waals surface area (Å²) in [7, 11) is -2.89. The van der Waals surface area contributed by atoms with Crippen LogP contribution < -0.4 is 10.1 Å². The van der Waals surface area contributed by atoms with Crippen molar-refractivity contribution in [1.82, 2.24) is 0 Å². The van der Waals surface area contributed by atoms with Gasteiger partial charge in [0.15, 0.2) is 15.6 Å². The number of ether oxygens (including phenoxy) is 1. The zero-order valence-corrected chi connectivity index (χ0v) is 12.6. The van der Waals surface area contributed by atoms with Crippen LogP contribution in [0.5, 0.6) is 5.75 Å². The molecule has 1 aliphatic heterocycles. The van der Waals surface area contributed by atoms with Gasteiger partial charge in [0.2, 0.25) is 0 Å². The normalized spacial score (nSPS) is 20.1. The number of anilines is 1. The van der Waals surface area contributed by atoms with Gasteiger partial charge in [0.05, 0.1) is 23.0 Å². The Morgan fingerprint density at radius 3 is 2.81 bits per heavy atom. The van der Waals surface area contributed by atoms with Crippen LogP contribution in [0.15, 0.2) is 18.2 Å². The lowest BCUT2D eigenvalue weighted by Gasteiger charge is -2.12. The van der Waals surface area contributed by atoms with E-state index in [0.29, 0.717) is 25.3 Å². The van der Waals surface area contributed by atoms with E-state index in [1.165, 1.54) is 6.07 Å². The van der Waals surface area contributed by atoms with E-state index < -0.39 is 14.8 Å². The summed E-state index contributed by atoms with van der Waals surface area (Å²) in [5.74, 6) is 0.738. The highest BCUT2D eigenvalue weighted by atomic mass is 32.2. The average molecular weight is 314 g/mol. The zero-order valence-electron chi connectivity index (χ0n) is 11.7. The zero-order chi connectivity index (χ0) is 15.5. The van der Waals surface area contributed by atoms with Gasteiger partial charge in [-0.3, -0.25) is 10.1 Å². The molecule has 1 heterocycles. The number of benzene rings is 1. The maximum absolute atomic E-state index is 11.4. The molecule has 0 aliphatic carbocycles. The van der Waals surface area contributed by atoms with Gasteiger partial charge >= 0.3 is 5.69 Å². The third-order valence-corrected chi connectivity index (χ3v) is 5.21. The summed E-state index contributed by atoms with van der Waals surface area (Å²) in [6, 6.07) is 4.56. The number of sulfone groups is 1. The Morgan fingerprint density at radius 1 is 1.48 bits per heavy atom. The molecule has 1 aromatic carbocycles. The number of hydrogen-bond acceptors (Lipinski definition) is 6. The molecule has 0 spiro atoms. The Hall–Kier alpha value is -1.83. The molecule has 1 fully saturated rings. The Morgan fingerprint density at radius 2 is 2.24 bits per heavy atom. The van der Waals surface area contributed by atoms with Gasteiger partial charge in [0.25, 0.3) is 0 Å². The summed E-state index contributed by atoms with van der Waals surface area (Å²) in [6.07, 6.45) is 0.653. The Labute approximate surface area is 123 Å². The quantitative estimate of drug-likeness (QED) is 0.635. The van der Waals surface area contributed by atoms with Crippen LogP contribution in [0.1, 0.15) is 13.3 Å². The van der Waals surface area contributed by atoms with Gasteiger partial charge in [0, 0.05) is 24.4 Å². The number of nitrogens with zero attached hydrogens (tertiary/aromatic N) is 1. The molecule has 1 aliphatic rings. The predicted octanol–water partition coefficient (Wildman–Crippen LogP) is 1.84. The second-order valence-corrected chi connectivity index (χ2v) is 7.25. The second kappa shape index (κ2) is 6.30. The number of nitro groups is 1. The van der Waals surface area contributed by atoms with Gasteiger partial charge in [-0.2, -0.15) is 0 Å². The van der Waals surface area contributed by atoms with Crippen LogP contribution in [0, 0.1) is 16.0 Å². The fourth-order valence-corrected chi connectivity index (χ4v) is 4.20. The number of nitro benzene ring substituents is 1. The second-order valence-electron chi connectivity index (χ2n) is 5.02. The molecule has 7 nitrogen and oxygen atoms in total. The standard InChI is InChI=1S/C13H18N2O5S/c1-2-20-13-7-11(3-4-12(13)15(16)17)14-8-10-5-6-21(18,19)9-10/h3-4,7,10,14H,2,5-6,8-9H2,1H3. The van der Waals surface area contributed by atoms with Crippen molar-refractivity contribution in [3.63, 3.8) is 0 Å². The molecule has 21 heavy (non-hydrogen) atoms. The smallest absolute Gasteiger partial charge is 0.311 e. The molecule has 1 unspecified atom stereocenters. The molecule has 116 valence electrons. The van der Waals surface area contributed by atoms with Crippen LogP contribution in [0.4, 0.5) is 11.4 Å². The summed E-state index contributed by atoms with van der Waals surface area (Å²) in [4.78, 5) is 10.4. The lowest BCUT2D eigenvalue weighted by Crippen LogP contribution is -2.15. The molecule has 0 aromatic heterocycles. The van der Waals surface area contributed by atoms with Crippen molar-refractivity contribution in [2.45, 2.75) is 13.3 Å². The average Bonchev–Trinajstić information content (AvgIpc) is 2.76. The fraction of sp³-hybridized carbons (Fsp3) is 0.538. The first-order valence-corrected chi connectivity index (χ1v) is 8.59. The molecular formula is C13H18N2O5S. The molecular weight excluding hydrogens is 296 g/mol. The van der Waals surface area contributed by atoms with Crippen LogP contribution in [0.3, 0.4) is 0 Å². The highest BCUT2D eigenvalue weighted by molar-refractivity contribution is 7.91. The van der Waals surface area contributed by atoms with Crippen LogP contribution >= 0.6 is 0 Å². The minimum Gasteiger partial charge on any atom is -0.487 e. The van der Waals surface area contributed by atoms with E-state index in [1.807, 2.05) is 0 Å². The van der Waals surface area contributed by atoms with Gasteiger partial charge in [-0.25, -0.2) is 8.42 Å². The molecule has 0 saturated carbocycles. The molecule has 8 heteroatoms. The van der Waals surface area contributed by atoms with Crippen molar-refractivity contribution in [2.75, 3.05) is 30.0 Å². The third-order valence-electron chi connectivity index (χ3n) is 3.38. The molecule has 1 N–H and O–H groups in total. The van der Waals surface area contributed by atoms with Gasteiger partial charge in [-0.05, 0) is 25.3 Å². The summed E-state index contributed by atoms with van der Waals surface area (Å²) in [5, 5.41) is 14.0. The number of nitrogens with one attached hydrogen (secondary N) is 1. The van der Waals surface area contributed by atoms with E-state index in [2.05, 4.69) is 5.32 Å². The van der Waals surface area contributed by atoms with Crippen molar-refractivity contribution < 1.29 is 18.1 Å². The monoisotopic (exact) mass is 314 g/mol. The van der Waals surface area contributed by atoms with E-state index in [0.717, 1.165) is 0 Å². The molecule has 1 atom stereocenters. The van der Waals surface area contributed by atoms with E-state index in [4.69, 9.17) is 4.74 Å². The van der Waals surface area contributed by atoms with Crippen LogP contribution in [-0.2, 0) is 9.84 Å². The minimum absolute atomic E-state index is 0.0779. The molecule has 1 saturated heterocycles. The maximum atomic E-state index is 11.4. The molecule has 0 bridgehead atoms. The number of hydrogen-bond donors (Lipinski definition) is 1. The van der Waals surface area contributed by atoms with Gasteiger partial charge in [-0.1, -0.05) is 0 Å². The van der Waals surface area contributed by atoms with Crippen molar-refractivity contribution in [1.29, 1.82) is 0 Å². The molecule has 2 rings (SSSR count). The summed E-state index contributed by atoms with van der Waals surface area (Å²) in [6.45, 7) is 2.63. The molecule has 0 amide bonds. The molecule has 1 aromatic rings. The van der Waals surface area contributed by atoms with E-state index in [-0.39, 0.29) is 28.9 Å². The first kappa shape index (κ1) is 15.6. The van der Waals surface area contributed by atoms with Crippen LogP contribution in [0.2, 0.25) is 0 Å². The highest BCUT2D eigenvalue weighted by Gasteiger charge is 2.27. The van der Waals surface area contributed by atoms with E-state index in [9.17, 15) is 18.5 Å². The molecule has 0 radical (unpaired) electrons. The first-order chi connectivity index (χ1) is 9.91.